The van der Waals surface area contributed by atoms with Crippen LogP contribution in [-0.4, -0.2) is 25.6 Å². The fourth-order valence-corrected chi connectivity index (χ4v) is 3.90. The van der Waals surface area contributed by atoms with Gasteiger partial charge in [-0.15, -0.1) is 0 Å². The van der Waals surface area contributed by atoms with Gasteiger partial charge in [0.05, 0.1) is 7.11 Å². The molecule has 4 rings (SSSR count). The van der Waals surface area contributed by atoms with E-state index in [0.29, 0.717) is 0 Å². The Morgan fingerprint density at radius 1 is 0.931 bits per heavy atom. The van der Waals surface area contributed by atoms with Crippen LogP contribution in [0.1, 0.15) is 16.9 Å². The van der Waals surface area contributed by atoms with Crippen LogP contribution in [-0.2, 0) is 13.0 Å². The molecule has 0 saturated carbocycles. The van der Waals surface area contributed by atoms with Crippen molar-refractivity contribution in [2.45, 2.75) is 19.9 Å². The van der Waals surface area contributed by atoms with Crippen molar-refractivity contribution >= 4 is 11.0 Å². The summed E-state index contributed by atoms with van der Waals surface area (Å²) in [4.78, 5) is 2.32. The van der Waals surface area contributed by atoms with Crippen molar-refractivity contribution in [2.75, 3.05) is 20.7 Å². The molecule has 3 nitrogen and oxygen atoms in total. The summed E-state index contributed by atoms with van der Waals surface area (Å²) in [5.74, 6) is 1.84. The summed E-state index contributed by atoms with van der Waals surface area (Å²) >= 11 is 0. The Kier molecular flexibility index (Phi) is 5.68. The van der Waals surface area contributed by atoms with Crippen molar-refractivity contribution in [2.24, 2.45) is 0 Å². The van der Waals surface area contributed by atoms with Gasteiger partial charge in [0.1, 0.15) is 17.1 Å². The zero-order valence-corrected chi connectivity index (χ0v) is 17.3. The number of rotatable bonds is 7. The van der Waals surface area contributed by atoms with Crippen LogP contribution in [0.25, 0.3) is 22.1 Å². The van der Waals surface area contributed by atoms with E-state index in [4.69, 9.17) is 9.15 Å². The third kappa shape index (κ3) is 4.20. The van der Waals surface area contributed by atoms with Crippen molar-refractivity contribution < 1.29 is 9.15 Å². The number of aryl methyl sites for hydroxylation is 1. The quantitative estimate of drug-likeness (QED) is 0.385. The first kappa shape index (κ1) is 19.3. The summed E-state index contributed by atoms with van der Waals surface area (Å²) in [6, 6.07) is 25.2. The molecule has 4 aromatic rings. The monoisotopic (exact) mass is 385 g/mol. The summed E-state index contributed by atoms with van der Waals surface area (Å²) < 4.78 is 11.9. The zero-order chi connectivity index (χ0) is 20.2. The van der Waals surface area contributed by atoms with Crippen LogP contribution in [0.15, 0.2) is 77.2 Å². The molecule has 1 heterocycles. The number of methoxy groups -OCH3 is 1. The molecule has 0 aliphatic carbocycles. The molecule has 0 aliphatic heterocycles. The molecule has 0 N–H and O–H groups in total. The lowest BCUT2D eigenvalue weighted by atomic mass is 10.0. The molecule has 0 saturated heterocycles. The number of furan rings is 1. The highest BCUT2D eigenvalue weighted by Gasteiger charge is 2.17. The van der Waals surface area contributed by atoms with Gasteiger partial charge in [0.25, 0.3) is 0 Å². The van der Waals surface area contributed by atoms with Gasteiger partial charge in [0, 0.05) is 29.6 Å². The van der Waals surface area contributed by atoms with Crippen LogP contribution < -0.4 is 4.74 Å². The molecule has 0 spiro atoms. The summed E-state index contributed by atoms with van der Waals surface area (Å²) in [6.07, 6.45) is 1.03. The molecule has 29 heavy (non-hydrogen) atoms. The molecule has 0 unspecified atom stereocenters. The Labute approximate surface area is 172 Å². The Morgan fingerprint density at radius 3 is 2.31 bits per heavy atom. The fourth-order valence-electron chi connectivity index (χ4n) is 3.90. The topological polar surface area (TPSA) is 25.6 Å². The average molecular weight is 386 g/mol. The largest absolute Gasteiger partial charge is 0.496 e. The molecule has 0 atom stereocenters. The number of hydrogen-bond donors (Lipinski definition) is 0. The number of hydrogen-bond acceptors (Lipinski definition) is 3. The van der Waals surface area contributed by atoms with E-state index < -0.39 is 0 Å². The minimum atomic E-state index is 0.812. The molecule has 0 radical (unpaired) electrons. The highest BCUT2D eigenvalue weighted by Crippen LogP contribution is 2.38. The van der Waals surface area contributed by atoms with Gasteiger partial charge in [-0.05, 0) is 43.7 Å². The number of benzene rings is 3. The molecule has 148 valence electrons. The van der Waals surface area contributed by atoms with Crippen molar-refractivity contribution in [3.63, 3.8) is 0 Å². The first-order valence-electron chi connectivity index (χ1n) is 10.0. The molecule has 3 heteroatoms. The van der Waals surface area contributed by atoms with Crippen LogP contribution >= 0.6 is 0 Å². The number of ether oxygens (including phenoxy) is 1. The summed E-state index contributed by atoms with van der Waals surface area (Å²) in [5, 5.41) is 1.10. The molecule has 1 aromatic heterocycles. The minimum absolute atomic E-state index is 0.812. The van der Waals surface area contributed by atoms with Gasteiger partial charge >= 0.3 is 0 Å². The van der Waals surface area contributed by atoms with E-state index in [9.17, 15) is 0 Å². The predicted octanol–water partition coefficient (Wildman–Crippen LogP) is 6.09. The summed E-state index contributed by atoms with van der Waals surface area (Å²) in [7, 11) is 3.89. The lowest BCUT2D eigenvalue weighted by Gasteiger charge is -2.18. The Balaban J connectivity index is 1.60. The highest BCUT2D eigenvalue weighted by molar-refractivity contribution is 5.97. The van der Waals surface area contributed by atoms with Crippen LogP contribution in [0.2, 0.25) is 0 Å². The molecule has 0 aliphatic rings. The highest BCUT2D eigenvalue weighted by atomic mass is 16.5. The predicted molar refractivity (Wildman–Crippen MR) is 119 cm³/mol. The molecular weight excluding hydrogens is 358 g/mol. The first-order valence-corrected chi connectivity index (χ1v) is 10.0. The van der Waals surface area contributed by atoms with E-state index in [1.165, 1.54) is 11.1 Å². The smallest absolute Gasteiger partial charge is 0.135 e. The zero-order valence-electron chi connectivity index (χ0n) is 17.3. The van der Waals surface area contributed by atoms with Crippen molar-refractivity contribution in [3.8, 4) is 16.9 Å². The van der Waals surface area contributed by atoms with Gasteiger partial charge in [-0.3, -0.25) is 0 Å². The molecule has 0 fully saturated rings. The second-order valence-electron chi connectivity index (χ2n) is 7.53. The average Bonchev–Trinajstić information content (AvgIpc) is 3.07. The maximum absolute atomic E-state index is 6.13. The van der Waals surface area contributed by atoms with Gasteiger partial charge in [0.15, 0.2) is 0 Å². The SMILES string of the molecule is COc1cc2c(-c3ccccc3)c(C)oc2cc1CN(C)CCc1ccccc1. The van der Waals surface area contributed by atoms with Gasteiger partial charge in [-0.25, -0.2) is 0 Å². The third-order valence-electron chi connectivity index (χ3n) is 5.39. The van der Waals surface area contributed by atoms with Gasteiger partial charge < -0.3 is 14.1 Å². The third-order valence-corrected chi connectivity index (χ3v) is 5.39. The lowest BCUT2D eigenvalue weighted by Crippen LogP contribution is -2.21. The normalized spacial score (nSPS) is 11.3. The second kappa shape index (κ2) is 8.54. The fraction of sp³-hybridized carbons (Fsp3) is 0.231. The van der Waals surface area contributed by atoms with Crippen LogP contribution in [0.4, 0.5) is 0 Å². The molecular formula is C26H27NO2. The van der Waals surface area contributed by atoms with Crippen molar-refractivity contribution in [3.05, 3.63) is 89.7 Å². The van der Waals surface area contributed by atoms with Crippen LogP contribution in [0.3, 0.4) is 0 Å². The Morgan fingerprint density at radius 2 is 1.62 bits per heavy atom. The summed E-state index contributed by atoms with van der Waals surface area (Å²) in [6.45, 7) is 3.82. The number of fused-ring (bicyclic) bond motifs is 1. The first-order chi connectivity index (χ1) is 14.2. The number of likely N-dealkylation sites (N-methyl/N-ethyl adjacent to an activating group) is 1. The van der Waals surface area contributed by atoms with Crippen LogP contribution in [0.5, 0.6) is 5.75 Å². The molecule has 0 bridgehead atoms. The minimum Gasteiger partial charge on any atom is -0.496 e. The van der Waals surface area contributed by atoms with E-state index in [1.807, 2.05) is 13.0 Å². The van der Waals surface area contributed by atoms with E-state index >= 15 is 0 Å². The maximum atomic E-state index is 6.13. The van der Waals surface area contributed by atoms with E-state index in [2.05, 4.69) is 78.7 Å². The van der Waals surface area contributed by atoms with E-state index in [-0.39, 0.29) is 0 Å². The Bertz CT molecular complexity index is 1080. The van der Waals surface area contributed by atoms with Gasteiger partial charge in [-0.1, -0.05) is 60.7 Å². The maximum Gasteiger partial charge on any atom is 0.135 e. The van der Waals surface area contributed by atoms with E-state index in [1.54, 1.807) is 7.11 Å². The standard InChI is InChI=1S/C26H27NO2/c1-19-26(21-12-8-5-9-13-21)23-17-24(28-3)22(16-25(23)29-19)18-27(2)15-14-20-10-6-4-7-11-20/h4-13,16-17H,14-15,18H2,1-3H3. The second-order valence-corrected chi connectivity index (χ2v) is 7.53. The lowest BCUT2D eigenvalue weighted by molar-refractivity contribution is 0.321. The Hall–Kier alpha value is -3.04. The van der Waals surface area contributed by atoms with Gasteiger partial charge in [0.2, 0.25) is 0 Å². The van der Waals surface area contributed by atoms with Crippen molar-refractivity contribution in [1.82, 2.24) is 4.90 Å². The van der Waals surface area contributed by atoms with Crippen molar-refractivity contribution in [1.29, 1.82) is 0 Å². The molecule has 0 amide bonds. The van der Waals surface area contributed by atoms with Gasteiger partial charge in [-0.2, -0.15) is 0 Å². The number of nitrogens with zero attached hydrogens (tertiary/aromatic N) is 1. The van der Waals surface area contributed by atoms with Crippen LogP contribution in [0, 0.1) is 6.92 Å². The summed E-state index contributed by atoms with van der Waals surface area (Å²) in [5.41, 5.74) is 5.72. The molecule has 3 aromatic carbocycles. The van der Waals surface area contributed by atoms with E-state index in [0.717, 1.165) is 53.1 Å².